The average molecular weight is 407 g/mol. The predicted octanol–water partition coefficient (Wildman–Crippen LogP) is 4.25. The molecule has 0 aromatic heterocycles. The highest BCUT2D eigenvalue weighted by molar-refractivity contribution is 6.08. The minimum Gasteiger partial charge on any atom is -0.384 e. The Morgan fingerprint density at radius 3 is 2.80 bits per heavy atom. The monoisotopic (exact) mass is 406 g/mol. The number of hydrogen-bond donors (Lipinski definition) is 2. The van der Waals surface area contributed by atoms with E-state index in [4.69, 9.17) is 5.26 Å². The van der Waals surface area contributed by atoms with Crippen molar-refractivity contribution in [2.45, 2.75) is 38.6 Å². The number of piperidine rings is 1. The van der Waals surface area contributed by atoms with Crippen molar-refractivity contribution >= 4 is 17.3 Å². The number of hydrogen-bond acceptors (Lipinski definition) is 4. The zero-order chi connectivity index (χ0) is 21.3. The minimum atomic E-state index is -0.884. The number of nitriles is 1. The van der Waals surface area contributed by atoms with Crippen LogP contribution in [0.4, 0.5) is 15.8 Å². The maximum Gasteiger partial charge on any atom is 0.249 e. The zero-order valence-corrected chi connectivity index (χ0v) is 17.5. The number of likely N-dealkylation sites (tertiary alicyclic amines) is 1. The van der Waals surface area contributed by atoms with E-state index in [1.54, 1.807) is 0 Å². The van der Waals surface area contributed by atoms with Crippen LogP contribution in [0.3, 0.4) is 0 Å². The lowest BCUT2D eigenvalue weighted by Crippen LogP contribution is -2.53. The van der Waals surface area contributed by atoms with E-state index < -0.39 is 5.54 Å². The average Bonchev–Trinajstić information content (AvgIpc) is 3.01. The molecule has 2 aromatic rings. The summed E-state index contributed by atoms with van der Waals surface area (Å²) < 4.78 is 14.4. The summed E-state index contributed by atoms with van der Waals surface area (Å²) in [5.74, 6) is -0.0259. The number of halogens is 1. The molecule has 1 fully saturated rings. The largest absolute Gasteiger partial charge is 0.384 e. The maximum absolute atomic E-state index is 14.4. The Bertz CT molecular complexity index is 998. The molecule has 2 aliphatic rings. The van der Waals surface area contributed by atoms with Crippen molar-refractivity contribution in [2.75, 3.05) is 30.3 Å². The number of anilines is 2. The van der Waals surface area contributed by atoms with Gasteiger partial charge in [0.2, 0.25) is 5.91 Å². The summed E-state index contributed by atoms with van der Waals surface area (Å²) in [5.41, 5.74) is 3.01. The molecule has 6 heteroatoms. The van der Waals surface area contributed by atoms with Gasteiger partial charge in [0.15, 0.2) is 0 Å². The Hall–Kier alpha value is -2.91. The molecule has 0 saturated carbocycles. The molecular weight excluding hydrogens is 379 g/mol. The molecule has 0 radical (unpaired) electrons. The lowest BCUT2D eigenvalue weighted by Gasteiger charge is -2.42. The first-order valence-corrected chi connectivity index (χ1v) is 10.6. The van der Waals surface area contributed by atoms with Crippen LogP contribution in [0.2, 0.25) is 0 Å². The summed E-state index contributed by atoms with van der Waals surface area (Å²) in [7, 11) is 0. The second-order valence-corrected chi connectivity index (χ2v) is 8.40. The molecule has 0 bridgehead atoms. The van der Waals surface area contributed by atoms with E-state index in [0.29, 0.717) is 35.0 Å². The van der Waals surface area contributed by atoms with E-state index in [9.17, 15) is 9.18 Å². The number of benzene rings is 2. The first-order chi connectivity index (χ1) is 14.5. The second-order valence-electron chi connectivity index (χ2n) is 8.40. The van der Waals surface area contributed by atoms with Crippen LogP contribution >= 0.6 is 0 Å². The van der Waals surface area contributed by atoms with Gasteiger partial charge in [-0.05, 0) is 75.4 Å². The van der Waals surface area contributed by atoms with Gasteiger partial charge in [-0.3, -0.25) is 9.69 Å². The normalized spacial score (nSPS) is 23.5. The number of amides is 1. The molecule has 2 aliphatic heterocycles. The molecule has 2 atom stereocenters. The number of nitrogens with one attached hydrogen (secondary N) is 2. The summed E-state index contributed by atoms with van der Waals surface area (Å²) >= 11 is 0. The molecule has 156 valence electrons. The van der Waals surface area contributed by atoms with Crippen molar-refractivity contribution in [3.05, 3.63) is 58.9 Å². The number of nitrogens with zero attached hydrogens (tertiary/aromatic N) is 2. The fourth-order valence-electron chi connectivity index (χ4n) is 4.81. The first-order valence-electron chi connectivity index (χ1n) is 10.6. The summed E-state index contributed by atoms with van der Waals surface area (Å²) in [6, 6.07) is 12.8. The third-order valence-corrected chi connectivity index (χ3v) is 6.43. The van der Waals surface area contributed by atoms with Crippen molar-refractivity contribution in [1.29, 1.82) is 5.26 Å². The van der Waals surface area contributed by atoms with Gasteiger partial charge < -0.3 is 10.6 Å². The van der Waals surface area contributed by atoms with Crippen LogP contribution < -0.4 is 10.6 Å². The summed E-state index contributed by atoms with van der Waals surface area (Å²) in [6.45, 7) is 6.09. The standard InChI is InChI=1S/C24H27FN4O/c1-3-27-21-13-19(25)12-20-22(21)28-23(30)24(20,2)29-10-4-5-18(15-29)11-16-6-8-17(14-26)9-7-16/h6-9,12-13,18,27H,3-5,10-11,15H2,1-2H3,(H,28,30)/t18?,24-/m0/s1. The van der Waals surface area contributed by atoms with Gasteiger partial charge in [-0.15, -0.1) is 0 Å². The fraction of sp³-hybridized carbons (Fsp3) is 0.417. The molecule has 0 spiro atoms. The molecule has 2 heterocycles. The van der Waals surface area contributed by atoms with Gasteiger partial charge in [-0.25, -0.2) is 4.39 Å². The van der Waals surface area contributed by atoms with Crippen LogP contribution in [0.15, 0.2) is 36.4 Å². The Morgan fingerprint density at radius 2 is 2.10 bits per heavy atom. The SMILES string of the molecule is CCNc1cc(F)cc2c1NC(=O)[C@@]2(C)N1CCCC(Cc2ccc(C#N)cc2)C1. The third kappa shape index (κ3) is 3.54. The predicted molar refractivity (Wildman–Crippen MR) is 116 cm³/mol. The summed E-state index contributed by atoms with van der Waals surface area (Å²) in [6.07, 6.45) is 2.99. The molecule has 4 rings (SSSR count). The lowest BCUT2D eigenvalue weighted by atomic mass is 9.84. The molecule has 2 aromatic carbocycles. The molecule has 2 N–H and O–H groups in total. The van der Waals surface area contributed by atoms with Gasteiger partial charge in [0.1, 0.15) is 11.4 Å². The van der Waals surface area contributed by atoms with Crippen LogP contribution in [0.25, 0.3) is 0 Å². The highest BCUT2D eigenvalue weighted by atomic mass is 19.1. The lowest BCUT2D eigenvalue weighted by molar-refractivity contribution is -0.128. The molecule has 5 nitrogen and oxygen atoms in total. The molecule has 0 aliphatic carbocycles. The van der Waals surface area contributed by atoms with Gasteiger partial charge in [0.05, 0.1) is 23.0 Å². The van der Waals surface area contributed by atoms with Crippen LogP contribution in [0, 0.1) is 23.1 Å². The molecule has 1 saturated heterocycles. The highest BCUT2D eigenvalue weighted by Crippen LogP contribution is 2.45. The number of rotatable bonds is 5. The smallest absolute Gasteiger partial charge is 0.249 e. The second kappa shape index (κ2) is 8.08. The highest BCUT2D eigenvalue weighted by Gasteiger charge is 2.49. The number of carbonyl (C=O) groups excluding carboxylic acids is 1. The van der Waals surface area contributed by atoms with Crippen molar-refractivity contribution in [3.63, 3.8) is 0 Å². The van der Waals surface area contributed by atoms with Crippen LogP contribution in [-0.4, -0.2) is 30.4 Å². The Morgan fingerprint density at radius 1 is 1.33 bits per heavy atom. The Labute approximate surface area is 176 Å². The zero-order valence-electron chi connectivity index (χ0n) is 17.5. The minimum absolute atomic E-state index is 0.0960. The van der Waals surface area contributed by atoms with Crippen molar-refractivity contribution < 1.29 is 9.18 Å². The van der Waals surface area contributed by atoms with Gasteiger partial charge >= 0.3 is 0 Å². The van der Waals surface area contributed by atoms with Gasteiger partial charge in [0.25, 0.3) is 0 Å². The third-order valence-electron chi connectivity index (χ3n) is 6.43. The van der Waals surface area contributed by atoms with Crippen LogP contribution in [-0.2, 0) is 16.8 Å². The Balaban J connectivity index is 1.59. The van der Waals surface area contributed by atoms with Crippen molar-refractivity contribution in [2.24, 2.45) is 5.92 Å². The van der Waals surface area contributed by atoms with E-state index in [2.05, 4.69) is 21.6 Å². The quantitative estimate of drug-likeness (QED) is 0.779. The van der Waals surface area contributed by atoms with Gasteiger partial charge in [-0.1, -0.05) is 12.1 Å². The topological polar surface area (TPSA) is 68.2 Å². The maximum atomic E-state index is 14.4. The fourth-order valence-corrected chi connectivity index (χ4v) is 4.81. The van der Waals surface area contributed by atoms with Crippen LogP contribution in [0.5, 0.6) is 0 Å². The van der Waals surface area contributed by atoms with Gasteiger partial charge in [-0.2, -0.15) is 5.26 Å². The molecular formula is C24H27FN4O. The first kappa shape index (κ1) is 20.4. The summed E-state index contributed by atoms with van der Waals surface area (Å²) in [5, 5.41) is 15.2. The van der Waals surface area contributed by atoms with Crippen LogP contribution in [0.1, 0.15) is 43.4 Å². The molecule has 30 heavy (non-hydrogen) atoms. The van der Waals surface area contributed by atoms with E-state index in [0.717, 1.165) is 32.4 Å². The van der Waals surface area contributed by atoms with Gasteiger partial charge in [0, 0.05) is 18.7 Å². The summed E-state index contributed by atoms with van der Waals surface area (Å²) in [4.78, 5) is 15.3. The van der Waals surface area contributed by atoms with Crippen molar-refractivity contribution in [3.8, 4) is 6.07 Å². The van der Waals surface area contributed by atoms with E-state index in [1.807, 2.05) is 38.1 Å². The van der Waals surface area contributed by atoms with E-state index >= 15 is 0 Å². The Kier molecular flexibility index (Phi) is 5.48. The van der Waals surface area contributed by atoms with E-state index in [-0.39, 0.29) is 11.7 Å². The molecule has 1 amide bonds. The molecule has 1 unspecified atom stereocenters. The van der Waals surface area contributed by atoms with E-state index in [1.165, 1.54) is 17.7 Å². The number of carbonyl (C=O) groups is 1. The van der Waals surface area contributed by atoms with Crippen molar-refractivity contribution in [1.82, 2.24) is 4.90 Å². The number of fused-ring (bicyclic) bond motifs is 1.